The number of carbonyl (C=O) groups is 2. The maximum absolute atomic E-state index is 13.9. The van der Waals surface area contributed by atoms with E-state index in [0.29, 0.717) is 23.9 Å². The van der Waals surface area contributed by atoms with Crippen LogP contribution in [0.1, 0.15) is 66.4 Å². The van der Waals surface area contributed by atoms with Gasteiger partial charge in [-0.25, -0.2) is 0 Å². The van der Waals surface area contributed by atoms with Crippen molar-refractivity contribution in [2.75, 3.05) is 19.6 Å². The quantitative estimate of drug-likeness (QED) is 0.716. The number of carbonyl (C=O) groups excluding carboxylic acids is 2. The summed E-state index contributed by atoms with van der Waals surface area (Å²) in [6.07, 6.45) is 2.11. The van der Waals surface area contributed by atoms with Gasteiger partial charge in [0.05, 0.1) is 12.0 Å². The zero-order valence-corrected chi connectivity index (χ0v) is 18.3. The van der Waals surface area contributed by atoms with Gasteiger partial charge in [-0.1, -0.05) is 45.0 Å². The Bertz CT molecular complexity index is 869. The molecule has 1 aromatic carbocycles. The van der Waals surface area contributed by atoms with Crippen LogP contribution >= 0.6 is 11.3 Å². The van der Waals surface area contributed by atoms with Crippen LogP contribution in [0.2, 0.25) is 0 Å². The predicted molar refractivity (Wildman–Crippen MR) is 117 cm³/mol. The molecular formula is C24H30N2O2S. The number of likely N-dealkylation sites (tertiary alicyclic amines) is 1. The molecule has 1 aromatic heterocycles. The molecule has 2 amide bonds. The van der Waals surface area contributed by atoms with E-state index in [1.54, 1.807) is 11.3 Å². The first-order chi connectivity index (χ1) is 14.0. The van der Waals surface area contributed by atoms with Crippen molar-refractivity contribution in [3.8, 4) is 0 Å². The molecular weight excluding hydrogens is 380 g/mol. The third-order valence-corrected chi connectivity index (χ3v) is 7.14. The van der Waals surface area contributed by atoms with Crippen LogP contribution in [0, 0.1) is 11.8 Å². The monoisotopic (exact) mass is 410 g/mol. The van der Waals surface area contributed by atoms with Gasteiger partial charge in [-0.15, -0.1) is 11.3 Å². The van der Waals surface area contributed by atoms with Gasteiger partial charge in [0.2, 0.25) is 5.91 Å². The summed E-state index contributed by atoms with van der Waals surface area (Å²) in [5, 5.41) is 2.04. The molecule has 154 valence electrons. The molecule has 2 aromatic rings. The van der Waals surface area contributed by atoms with Gasteiger partial charge in [0.1, 0.15) is 0 Å². The number of benzene rings is 1. The average molecular weight is 411 g/mol. The molecule has 0 bridgehead atoms. The molecule has 2 aliphatic heterocycles. The highest BCUT2D eigenvalue weighted by atomic mass is 32.1. The van der Waals surface area contributed by atoms with Gasteiger partial charge >= 0.3 is 0 Å². The Morgan fingerprint density at radius 1 is 1.14 bits per heavy atom. The van der Waals surface area contributed by atoms with Gasteiger partial charge in [-0.3, -0.25) is 9.59 Å². The Morgan fingerprint density at radius 2 is 1.86 bits per heavy atom. The van der Waals surface area contributed by atoms with Gasteiger partial charge in [0, 0.05) is 30.1 Å². The van der Waals surface area contributed by atoms with Crippen LogP contribution in [0.4, 0.5) is 0 Å². The summed E-state index contributed by atoms with van der Waals surface area (Å²) in [5.74, 6) is 0.880. The molecule has 4 nitrogen and oxygen atoms in total. The molecule has 0 spiro atoms. The normalized spacial score (nSPS) is 22.8. The number of fused-ring (bicyclic) bond motifs is 1. The summed E-state index contributed by atoms with van der Waals surface area (Å²) in [6, 6.07) is 11.6. The van der Waals surface area contributed by atoms with Crippen LogP contribution in [-0.4, -0.2) is 41.2 Å². The molecule has 0 saturated carbocycles. The van der Waals surface area contributed by atoms with Gasteiger partial charge in [0.15, 0.2) is 0 Å². The van der Waals surface area contributed by atoms with E-state index >= 15 is 0 Å². The number of rotatable bonds is 4. The number of hydrogen-bond donors (Lipinski definition) is 0. The van der Waals surface area contributed by atoms with E-state index in [1.165, 1.54) is 0 Å². The summed E-state index contributed by atoms with van der Waals surface area (Å²) < 4.78 is 0. The largest absolute Gasteiger partial charge is 0.342 e. The average Bonchev–Trinajstić information content (AvgIpc) is 3.24. The van der Waals surface area contributed by atoms with Gasteiger partial charge in [-0.05, 0) is 47.8 Å². The van der Waals surface area contributed by atoms with Crippen LogP contribution < -0.4 is 0 Å². The molecule has 1 saturated heterocycles. The van der Waals surface area contributed by atoms with Gasteiger partial charge in [-0.2, -0.15) is 0 Å². The molecule has 2 aliphatic rings. The molecule has 2 atom stereocenters. The van der Waals surface area contributed by atoms with Crippen molar-refractivity contribution >= 4 is 23.2 Å². The highest BCUT2D eigenvalue weighted by molar-refractivity contribution is 7.10. The highest BCUT2D eigenvalue weighted by Gasteiger charge is 2.46. The van der Waals surface area contributed by atoms with E-state index in [2.05, 4.69) is 26.8 Å². The summed E-state index contributed by atoms with van der Waals surface area (Å²) in [6.45, 7) is 8.79. The van der Waals surface area contributed by atoms with Gasteiger partial charge in [0.25, 0.3) is 5.91 Å². The Balaban J connectivity index is 1.81. The first kappa shape index (κ1) is 20.1. The van der Waals surface area contributed by atoms with Crippen molar-refractivity contribution in [3.63, 3.8) is 0 Å². The minimum Gasteiger partial charge on any atom is -0.342 e. The van der Waals surface area contributed by atoms with Crippen molar-refractivity contribution in [1.29, 1.82) is 0 Å². The van der Waals surface area contributed by atoms with Crippen molar-refractivity contribution < 1.29 is 9.59 Å². The standard InChI is InChI=1S/C24H30N2O2S/c1-16(2)15-26-22(20-9-6-14-29-20)21(18-7-4-5-8-19(18)23(26)27)24(28)25-12-10-17(3)11-13-25/h4-9,14,16-17,21-22H,10-13,15H2,1-3H3/t21-,22-/m0/s1. The van der Waals surface area contributed by atoms with Crippen LogP contribution in [0.25, 0.3) is 0 Å². The molecule has 3 heterocycles. The second-order valence-electron chi connectivity index (χ2n) is 8.88. The summed E-state index contributed by atoms with van der Waals surface area (Å²) in [4.78, 5) is 32.4. The zero-order chi connectivity index (χ0) is 20.5. The topological polar surface area (TPSA) is 40.6 Å². The fourth-order valence-corrected chi connectivity index (χ4v) is 5.53. The molecule has 4 rings (SSSR count). The lowest BCUT2D eigenvalue weighted by Gasteiger charge is -2.44. The minimum absolute atomic E-state index is 0.0454. The highest BCUT2D eigenvalue weighted by Crippen LogP contribution is 2.45. The SMILES string of the molecule is CC(C)CN1C(=O)c2ccccc2[C@H](C(=O)N2CCC(C)CC2)[C@@H]1c1cccs1. The Kier molecular flexibility index (Phi) is 5.77. The summed E-state index contributed by atoms with van der Waals surface area (Å²) >= 11 is 1.64. The Labute approximate surface area is 177 Å². The van der Waals surface area contributed by atoms with Crippen molar-refractivity contribution in [1.82, 2.24) is 9.80 Å². The lowest BCUT2D eigenvalue weighted by Crippen LogP contribution is -2.50. The molecule has 0 aliphatic carbocycles. The van der Waals surface area contributed by atoms with E-state index in [-0.39, 0.29) is 23.8 Å². The van der Waals surface area contributed by atoms with Crippen LogP contribution in [0.15, 0.2) is 41.8 Å². The lowest BCUT2D eigenvalue weighted by atomic mass is 9.80. The zero-order valence-electron chi connectivity index (χ0n) is 17.5. The van der Waals surface area contributed by atoms with Gasteiger partial charge < -0.3 is 9.80 Å². The first-order valence-electron chi connectivity index (χ1n) is 10.7. The number of piperidine rings is 1. The first-order valence-corrected chi connectivity index (χ1v) is 11.6. The van der Waals surface area contributed by atoms with Crippen molar-refractivity contribution in [3.05, 3.63) is 57.8 Å². The van der Waals surface area contributed by atoms with Crippen LogP contribution in [0.3, 0.4) is 0 Å². The third-order valence-electron chi connectivity index (χ3n) is 6.20. The van der Waals surface area contributed by atoms with Crippen LogP contribution in [0.5, 0.6) is 0 Å². The maximum Gasteiger partial charge on any atom is 0.254 e. The van der Waals surface area contributed by atoms with E-state index in [4.69, 9.17) is 0 Å². The minimum atomic E-state index is -0.338. The lowest BCUT2D eigenvalue weighted by molar-refractivity contribution is -0.136. The third kappa shape index (κ3) is 3.85. The fourth-order valence-electron chi connectivity index (χ4n) is 4.66. The molecule has 5 heteroatoms. The molecule has 1 fully saturated rings. The fraction of sp³-hybridized carbons (Fsp3) is 0.500. The van der Waals surface area contributed by atoms with E-state index in [9.17, 15) is 9.59 Å². The molecule has 0 N–H and O–H groups in total. The van der Waals surface area contributed by atoms with E-state index in [0.717, 1.165) is 36.4 Å². The number of amides is 2. The summed E-state index contributed by atoms with van der Waals surface area (Å²) in [7, 11) is 0. The predicted octanol–water partition coefficient (Wildman–Crippen LogP) is 4.94. The second kappa shape index (κ2) is 8.31. The number of nitrogens with zero attached hydrogens (tertiary/aromatic N) is 2. The molecule has 0 radical (unpaired) electrons. The van der Waals surface area contributed by atoms with Crippen molar-refractivity contribution in [2.24, 2.45) is 11.8 Å². The Morgan fingerprint density at radius 3 is 2.52 bits per heavy atom. The van der Waals surface area contributed by atoms with E-state index in [1.807, 2.05) is 45.5 Å². The number of hydrogen-bond acceptors (Lipinski definition) is 3. The second-order valence-corrected chi connectivity index (χ2v) is 9.86. The van der Waals surface area contributed by atoms with Crippen LogP contribution in [-0.2, 0) is 4.79 Å². The molecule has 29 heavy (non-hydrogen) atoms. The smallest absolute Gasteiger partial charge is 0.254 e. The summed E-state index contributed by atoms with van der Waals surface area (Å²) in [5.41, 5.74) is 1.57. The van der Waals surface area contributed by atoms with Crippen molar-refractivity contribution in [2.45, 2.75) is 45.6 Å². The Hall–Kier alpha value is -2.14. The molecule has 0 unspecified atom stereocenters. The number of thiophene rings is 1. The maximum atomic E-state index is 13.9. The van der Waals surface area contributed by atoms with E-state index < -0.39 is 0 Å².